The number of nitrogens with one attached hydrogen (secondary N) is 3. The molecule has 0 spiro atoms. The summed E-state index contributed by atoms with van der Waals surface area (Å²) in [5, 5.41) is 13.3. The van der Waals surface area contributed by atoms with Crippen molar-refractivity contribution < 1.29 is 22.7 Å². The van der Waals surface area contributed by atoms with Crippen LogP contribution < -0.4 is 20.1 Å². The van der Waals surface area contributed by atoms with Gasteiger partial charge in [-0.3, -0.25) is 5.10 Å². The van der Waals surface area contributed by atoms with Gasteiger partial charge in [-0.15, -0.1) is 24.0 Å². The molecule has 3 N–H and O–H groups in total. The van der Waals surface area contributed by atoms with Crippen LogP contribution in [0.2, 0.25) is 0 Å². The average Bonchev–Trinajstić information content (AvgIpc) is 3.44. The van der Waals surface area contributed by atoms with Gasteiger partial charge in [-0.25, -0.2) is 9.98 Å². The standard InChI is InChI=1S/C20H24F2N6O3.HI/c1-3-23-20(24-9-8-17-26-18(28-27-17)16-5-4-10-30-16)25-12-13-11-14(29-2)6-7-15(13)31-19(21)22;/h4-7,10-11,19H,3,8-9,12H2,1-2H3,(H2,23,24,25)(H,26,27,28);1H. The number of ether oxygens (including phenoxy) is 2. The number of nitrogens with zero attached hydrogens (tertiary/aromatic N) is 3. The van der Waals surface area contributed by atoms with Gasteiger partial charge >= 0.3 is 6.61 Å². The van der Waals surface area contributed by atoms with Crippen LogP contribution in [0.1, 0.15) is 18.3 Å². The summed E-state index contributed by atoms with van der Waals surface area (Å²) in [4.78, 5) is 8.84. The third-order valence-corrected chi connectivity index (χ3v) is 4.16. The Morgan fingerprint density at radius 2 is 2.12 bits per heavy atom. The second kappa shape index (κ2) is 12.8. The number of hydrogen-bond acceptors (Lipinski definition) is 6. The molecule has 0 saturated heterocycles. The highest BCUT2D eigenvalue weighted by Gasteiger charge is 2.12. The Balaban J connectivity index is 0.00000363. The van der Waals surface area contributed by atoms with Crippen LogP contribution in [-0.4, -0.2) is 48.0 Å². The summed E-state index contributed by atoms with van der Waals surface area (Å²) in [6, 6.07) is 8.17. The predicted molar refractivity (Wildman–Crippen MR) is 126 cm³/mol. The van der Waals surface area contributed by atoms with E-state index in [-0.39, 0.29) is 36.3 Å². The third-order valence-electron chi connectivity index (χ3n) is 4.16. The maximum atomic E-state index is 12.7. The first-order valence-corrected chi connectivity index (χ1v) is 9.68. The van der Waals surface area contributed by atoms with E-state index in [2.05, 4.69) is 35.5 Å². The Kier molecular flexibility index (Phi) is 10.2. The summed E-state index contributed by atoms with van der Waals surface area (Å²) < 4.78 is 40.4. The van der Waals surface area contributed by atoms with Gasteiger partial charge in [0.15, 0.2) is 11.7 Å². The van der Waals surface area contributed by atoms with Crippen LogP contribution >= 0.6 is 24.0 Å². The molecule has 0 fully saturated rings. The Morgan fingerprint density at radius 3 is 2.81 bits per heavy atom. The summed E-state index contributed by atoms with van der Waals surface area (Å²) in [5.74, 6) is 2.88. The molecular weight excluding hydrogens is 537 g/mol. The molecule has 0 aliphatic heterocycles. The number of guanidine groups is 1. The number of hydrogen-bond donors (Lipinski definition) is 3. The zero-order valence-corrected chi connectivity index (χ0v) is 19.9. The van der Waals surface area contributed by atoms with Crippen molar-refractivity contribution in [2.45, 2.75) is 26.5 Å². The van der Waals surface area contributed by atoms with E-state index in [1.54, 1.807) is 30.5 Å². The van der Waals surface area contributed by atoms with Crippen LogP contribution in [0.4, 0.5) is 8.78 Å². The fourth-order valence-corrected chi connectivity index (χ4v) is 2.75. The first kappa shape index (κ1) is 25.4. The molecule has 0 unspecified atom stereocenters. The number of H-pyrrole nitrogens is 1. The highest BCUT2D eigenvalue weighted by atomic mass is 127. The molecule has 0 bridgehead atoms. The monoisotopic (exact) mass is 562 g/mol. The molecule has 0 aliphatic carbocycles. The van der Waals surface area contributed by atoms with Crippen molar-refractivity contribution in [3.63, 3.8) is 0 Å². The number of aliphatic imine (C=N–C) groups is 1. The first-order chi connectivity index (χ1) is 15.1. The average molecular weight is 562 g/mol. The molecule has 32 heavy (non-hydrogen) atoms. The maximum absolute atomic E-state index is 12.7. The zero-order valence-electron chi connectivity index (χ0n) is 17.6. The second-order valence-corrected chi connectivity index (χ2v) is 6.31. The molecule has 0 radical (unpaired) electrons. The van der Waals surface area contributed by atoms with Gasteiger partial charge in [0, 0.05) is 25.1 Å². The summed E-state index contributed by atoms with van der Waals surface area (Å²) in [6.07, 6.45) is 2.13. The lowest BCUT2D eigenvalue weighted by atomic mass is 10.2. The fraction of sp³-hybridized carbons (Fsp3) is 0.350. The molecule has 0 aliphatic rings. The van der Waals surface area contributed by atoms with E-state index in [0.717, 1.165) is 0 Å². The molecule has 174 valence electrons. The van der Waals surface area contributed by atoms with Crippen molar-refractivity contribution in [3.05, 3.63) is 48.0 Å². The highest BCUT2D eigenvalue weighted by molar-refractivity contribution is 14.0. The van der Waals surface area contributed by atoms with Gasteiger partial charge in [-0.05, 0) is 37.3 Å². The minimum Gasteiger partial charge on any atom is -0.497 e. The van der Waals surface area contributed by atoms with Gasteiger partial charge in [0.1, 0.15) is 17.3 Å². The minimum atomic E-state index is -2.92. The number of methoxy groups -OCH3 is 1. The first-order valence-electron chi connectivity index (χ1n) is 9.68. The Bertz CT molecular complexity index is 982. The van der Waals surface area contributed by atoms with E-state index < -0.39 is 6.61 Å². The van der Waals surface area contributed by atoms with Crippen molar-refractivity contribution in [1.29, 1.82) is 0 Å². The van der Waals surface area contributed by atoms with Gasteiger partial charge < -0.3 is 24.5 Å². The maximum Gasteiger partial charge on any atom is 0.387 e. The lowest BCUT2D eigenvalue weighted by Crippen LogP contribution is -2.38. The van der Waals surface area contributed by atoms with E-state index in [1.165, 1.54) is 13.2 Å². The van der Waals surface area contributed by atoms with Crippen LogP contribution in [0.5, 0.6) is 11.5 Å². The largest absolute Gasteiger partial charge is 0.497 e. The summed E-state index contributed by atoms with van der Waals surface area (Å²) in [5.41, 5.74) is 0.482. The van der Waals surface area contributed by atoms with Crippen molar-refractivity contribution in [3.8, 4) is 23.1 Å². The molecule has 2 heterocycles. The smallest absolute Gasteiger partial charge is 0.387 e. The van der Waals surface area contributed by atoms with E-state index >= 15 is 0 Å². The minimum absolute atomic E-state index is 0. The quantitative estimate of drug-likeness (QED) is 0.197. The van der Waals surface area contributed by atoms with Crippen LogP contribution in [0, 0.1) is 0 Å². The number of alkyl halides is 2. The number of aromatic nitrogens is 3. The number of furan rings is 1. The van der Waals surface area contributed by atoms with Crippen molar-refractivity contribution in [2.24, 2.45) is 4.99 Å². The Labute approximate surface area is 201 Å². The molecule has 3 aromatic rings. The van der Waals surface area contributed by atoms with E-state index in [0.29, 0.717) is 54.2 Å². The van der Waals surface area contributed by atoms with Crippen molar-refractivity contribution in [2.75, 3.05) is 20.2 Å². The molecule has 9 nitrogen and oxygen atoms in total. The SMILES string of the molecule is CCNC(=NCc1cc(OC)ccc1OC(F)F)NCCc1nc(-c2ccco2)n[nH]1.I. The van der Waals surface area contributed by atoms with Crippen LogP contribution in [0.25, 0.3) is 11.6 Å². The molecule has 0 atom stereocenters. The molecule has 0 amide bonds. The molecule has 3 rings (SSSR count). The van der Waals surface area contributed by atoms with Gasteiger partial charge in [0.2, 0.25) is 5.82 Å². The Morgan fingerprint density at radius 1 is 1.28 bits per heavy atom. The van der Waals surface area contributed by atoms with Gasteiger partial charge in [0.05, 0.1) is 19.9 Å². The van der Waals surface area contributed by atoms with Crippen LogP contribution in [0.3, 0.4) is 0 Å². The second-order valence-electron chi connectivity index (χ2n) is 6.31. The third kappa shape index (κ3) is 7.35. The van der Waals surface area contributed by atoms with Crippen molar-refractivity contribution >= 4 is 29.9 Å². The number of halogens is 3. The van der Waals surface area contributed by atoms with Crippen molar-refractivity contribution in [1.82, 2.24) is 25.8 Å². The molecule has 0 saturated carbocycles. The molecule has 2 aromatic heterocycles. The molecule has 1 aromatic carbocycles. The molecule has 12 heteroatoms. The van der Waals surface area contributed by atoms with Gasteiger partial charge in [-0.1, -0.05) is 0 Å². The number of benzene rings is 1. The van der Waals surface area contributed by atoms with Gasteiger partial charge in [-0.2, -0.15) is 13.9 Å². The summed E-state index contributed by atoms with van der Waals surface area (Å²) >= 11 is 0. The van der Waals surface area contributed by atoms with E-state index in [4.69, 9.17) is 9.15 Å². The predicted octanol–water partition coefficient (Wildman–Crippen LogP) is 3.59. The topological polar surface area (TPSA) is 110 Å². The Hall–Kier alpha value is -2.90. The fourth-order valence-electron chi connectivity index (χ4n) is 2.75. The lowest BCUT2D eigenvalue weighted by Gasteiger charge is -2.13. The van der Waals surface area contributed by atoms with Crippen LogP contribution in [0.15, 0.2) is 46.0 Å². The highest BCUT2D eigenvalue weighted by Crippen LogP contribution is 2.26. The lowest BCUT2D eigenvalue weighted by molar-refractivity contribution is -0.0504. The van der Waals surface area contributed by atoms with Crippen LogP contribution in [-0.2, 0) is 13.0 Å². The van der Waals surface area contributed by atoms with Gasteiger partial charge in [0.25, 0.3) is 0 Å². The summed E-state index contributed by atoms with van der Waals surface area (Å²) in [6.45, 7) is 0.294. The van der Waals surface area contributed by atoms with E-state index in [1.807, 2.05) is 6.92 Å². The number of aromatic amines is 1. The normalized spacial score (nSPS) is 11.2. The molecular formula is C20H25F2IN6O3. The number of rotatable bonds is 10. The summed E-state index contributed by atoms with van der Waals surface area (Å²) in [7, 11) is 1.50. The zero-order chi connectivity index (χ0) is 22.1. The van der Waals surface area contributed by atoms with E-state index in [9.17, 15) is 8.78 Å².